The second kappa shape index (κ2) is 17.3. The Hall–Kier alpha value is -4.88. The Balaban J connectivity index is 2.03. The molecule has 3 rings (SSSR count). The third-order valence-corrected chi connectivity index (χ3v) is 7.45. The smallest absolute Gasteiger partial charge is 0.366 e. The molecule has 0 aromatic heterocycles. The molecule has 0 spiro atoms. The van der Waals surface area contributed by atoms with Crippen molar-refractivity contribution in [1.82, 2.24) is 5.32 Å². The summed E-state index contributed by atoms with van der Waals surface area (Å²) in [6.45, 7) is 7.92. The molecule has 13 nitrogen and oxygen atoms in total. The van der Waals surface area contributed by atoms with Crippen LogP contribution >= 0.6 is 0 Å². The number of esters is 4. The molecule has 1 aliphatic heterocycles. The first kappa shape index (κ1) is 37.6. The summed E-state index contributed by atoms with van der Waals surface area (Å²) < 4.78 is 33.7. The minimum atomic E-state index is -2.24. The summed E-state index contributed by atoms with van der Waals surface area (Å²) in [6.07, 6.45) is -5.14. The van der Waals surface area contributed by atoms with Crippen LogP contribution in [-0.4, -0.2) is 85.5 Å². The fourth-order valence-corrected chi connectivity index (χ4v) is 5.53. The number of benzene rings is 2. The minimum Gasteiger partial charge on any atom is -0.465 e. The molecule has 1 heterocycles. The van der Waals surface area contributed by atoms with Crippen molar-refractivity contribution in [2.75, 3.05) is 13.7 Å². The van der Waals surface area contributed by atoms with Crippen LogP contribution < -0.4 is 5.32 Å². The van der Waals surface area contributed by atoms with E-state index in [1.165, 1.54) is 13.0 Å². The average Bonchev–Trinajstić information content (AvgIpc) is 3.05. The van der Waals surface area contributed by atoms with Crippen molar-refractivity contribution in [3.8, 4) is 11.1 Å². The maximum atomic E-state index is 13.4. The molecule has 0 radical (unpaired) electrons. The molecule has 2 aromatic carbocycles. The Morgan fingerprint density at radius 2 is 1.54 bits per heavy atom. The van der Waals surface area contributed by atoms with E-state index in [2.05, 4.69) is 11.9 Å². The summed E-state index contributed by atoms with van der Waals surface area (Å²) in [7, 11) is 1.09. The minimum absolute atomic E-state index is 0.166. The molecule has 2 aromatic rings. The van der Waals surface area contributed by atoms with Crippen LogP contribution in [0.2, 0.25) is 0 Å². The van der Waals surface area contributed by atoms with Crippen molar-refractivity contribution in [2.24, 2.45) is 0 Å². The normalized spacial score (nSPS) is 21.5. The maximum Gasteiger partial charge on any atom is 0.366 e. The number of Topliss-reactive ketones (excluding diaryl/α,β-unsaturated/α-hetero) is 1. The highest BCUT2D eigenvalue weighted by molar-refractivity contribution is 5.96. The highest BCUT2D eigenvalue weighted by Gasteiger charge is 2.59. The van der Waals surface area contributed by atoms with Crippen LogP contribution in [0.4, 0.5) is 0 Å². The van der Waals surface area contributed by atoms with Crippen molar-refractivity contribution >= 4 is 35.6 Å². The van der Waals surface area contributed by atoms with Crippen LogP contribution in [0.25, 0.3) is 11.1 Å². The number of rotatable bonds is 15. The van der Waals surface area contributed by atoms with Crippen LogP contribution in [0.1, 0.15) is 57.3 Å². The molecule has 1 fully saturated rings. The Kier molecular flexibility index (Phi) is 13.6. The molecule has 1 saturated heterocycles. The van der Waals surface area contributed by atoms with E-state index < -0.39 is 72.5 Å². The van der Waals surface area contributed by atoms with Gasteiger partial charge < -0.3 is 33.7 Å². The van der Waals surface area contributed by atoms with E-state index in [4.69, 9.17) is 28.4 Å². The lowest BCUT2D eigenvalue weighted by Gasteiger charge is -2.48. The second-order valence-electron chi connectivity index (χ2n) is 11.1. The van der Waals surface area contributed by atoms with Gasteiger partial charge in [-0.3, -0.25) is 24.0 Å². The number of carbonyl (C=O) groups excluding carboxylic acids is 6. The number of hydrogen-bond donors (Lipinski definition) is 1. The van der Waals surface area contributed by atoms with Gasteiger partial charge in [0.1, 0.15) is 18.3 Å². The van der Waals surface area contributed by atoms with Crippen LogP contribution in [0.3, 0.4) is 0 Å². The largest absolute Gasteiger partial charge is 0.465 e. The summed E-state index contributed by atoms with van der Waals surface area (Å²) in [5.41, 5.74) is 2.28. The average molecular weight is 668 g/mol. The third kappa shape index (κ3) is 10.1. The molecule has 1 aliphatic rings. The molecule has 48 heavy (non-hydrogen) atoms. The highest BCUT2D eigenvalue weighted by Crippen LogP contribution is 2.37. The molecule has 0 saturated carbocycles. The fraction of sp³-hybridized carbons (Fsp3) is 0.429. The summed E-state index contributed by atoms with van der Waals surface area (Å²) in [6, 6.07) is 15.3. The molecular weight excluding hydrogens is 626 g/mol. The van der Waals surface area contributed by atoms with Gasteiger partial charge in [0.2, 0.25) is 5.91 Å². The molecule has 1 N–H and O–H groups in total. The monoisotopic (exact) mass is 667 g/mol. The molecule has 6 atom stereocenters. The lowest BCUT2D eigenvalue weighted by Crippen LogP contribution is -2.69. The maximum absolute atomic E-state index is 13.4. The number of nitrogens with one attached hydrogen (secondary N) is 1. The van der Waals surface area contributed by atoms with E-state index in [-0.39, 0.29) is 25.2 Å². The lowest BCUT2D eigenvalue weighted by molar-refractivity contribution is -0.311. The Morgan fingerprint density at radius 3 is 2.08 bits per heavy atom. The quantitative estimate of drug-likeness (QED) is 0.127. The summed E-state index contributed by atoms with van der Waals surface area (Å²) in [4.78, 5) is 76.1. The van der Waals surface area contributed by atoms with Crippen LogP contribution in [-0.2, 0) is 52.4 Å². The zero-order valence-electron chi connectivity index (χ0n) is 27.6. The fourth-order valence-electron chi connectivity index (χ4n) is 5.53. The second-order valence-corrected chi connectivity index (χ2v) is 11.1. The molecular formula is C35H41NO12. The van der Waals surface area contributed by atoms with Gasteiger partial charge in [0.05, 0.1) is 26.2 Å². The van der Waals surface area contributed by atoms with E-state index >= 15 is 0 Å². The van der Waals surface area contributed by atoms with E-state index in [0.717, 1.165) is 39.0 Å². The number of ether oxygens (including phenoxy) is 6. The number of methoxy groups -OCH3 is 1. The van der Waals surface area contributed by atoms with E-state index in [1.54, 1.807) is 12.1 Å². The van der Waals surface area contributed by atoms with E-state index in [0.29, 0.717) is 5.56 Å². The number of hydrogen-bond acceptors (Lipinski definition) is 12. The van der Waals surface area contributed by atoms with Gasteiger partial charge in [-0.1, -0.05) is 60.7 Å². The van der Waals surface area contributed by atoms with Gasteiger partial charge in [-0.15, -0.1) is 6.58 Å². The van der Waals surface area contributed by atoms with Gasteiger partial charge in [-0.05, 0) is 17.5 Å². The standard InChI is InChI=1S/C35H41NO12/c1-7-19-44-35(34(42)43-6)20-30(46-23(4)39)31(36-21(2)37)33(48-35)32(47-24(5)40)29(45-22(3)38)18-17-28(41)27-15-13-26(14-16-27)25-11-9-8-10-12-25/h7-16,29-33H,1,17-20H2,2-6H3,(H,36,37)/t29-,30-,31-,32-,33?,35-/m1/s1. The van der Waals surface area contributed by atoms with Crippen LogP contribution in [0.15, 0.2) is 67.3 Å². The molecule has 13 heteroatoms. The molecule has 0 aliphatic carbocycles. The number of carbonyl (C=O) groups is 6. The van der Waals surface area contributed by atoms with Crippen molar-refractivity contribution in [3.63, 3.8) is 0 Å². The van der Waals surface area contributed by atoms with Crippen LogP contribution in [0.5, 0.6) is 0 Å². The van der Waals surface area contributed by atoms with Crippen molar-refractivity contribution in [1.29, 1.82) is 0 Å². The predicted octanol–water partition coefficient (Wildman–Crippen LogP) is 3.48. The highest BCUT2D eigenvalue weighted by atomic mass is 16.7. The zero-order valence-corrected chi connectivity index (χ0v) is 27.6. The first-order valence-electron chi connectivity index (χ1n) is 15.3. The zero-order chi connectivity index (χ0) is 35.4. The molecule has 1 amide bonds. The number of ketones is 1. The molecule has 258 valence electrons. The lowest BCUT2D eigenvalue weighted by atomic mass is 9.86. The Morgan fingerprint density at radius 1 is 0.917 bits per heavy atom. The summed E-state index contributed by atoms with van der Waals surface area (Å²) >= 11 is 0. The van der Waals surface area contributed by atoms with E-state index in [9.17, 15) is 28.8 Å². The molecule has 0 bridgehead atoms. The van der Waals surface area contributed by atoms with Gasteiger partial charge in [0.25, 0.3) is 5.79 Å². The summed E-state index contributed by atoms with van der Waals surface area (Å²) in [5, 5.41) is 2.64. The van der Waals surface area contributed by atoms with Gasteiger partial charge >= 0.3 is 23.9 Å². The first-order chi connectivity index (χ1) is 22.8. The molecule has 1 unspecified atom stereocenters. The topological polar surface area (TPSA) is 170 Å². The number of amides is 1. The van der Waals surface area contributed by atoms with Gasteiger partial charge in [-0.25, -0.2) is 4.79 Å². The van der Waals surface area contributed by atoms with E-state index in [1.807, 2.05) is 42.5 Å². The SMILES string of the molecule is C=CCO[C@]1(C(=O)OC)C[C@@H](OC(C)=O)[C@@H](NC(C)=O)C([C@H](OC(C)=O)[C@@H](CCC(=O)c2ccc(-c3ccccc3)cc2)OC(C)=O)O1. The van der Waals surface area contributed by atoms with Crippen LogP contribution in [0, 0.1) is 0 Å². The first-order valence-corrected chi connectivity index (χ1v) is 15.3. The van der Waals surface area contributed by atoms with Gasteiger partial charge in [0, 0.05) is 39.7 Å². The van der Waals surface area contributed by atoms with Gasteiger partial charge in [-0.2, -0.15) is 0 Å². The Labute approximate surface area is 278 Å². The van der Waals surface area contributed by atoms with Gasteiger partial charge in [0.15, 0.2) is 11.9 Å². The Bertz CT molecular complexity index is 1470. The third-order valence-electron chi connectivity index (χ3n) is 7.45. The van der Waals surface area contributed by atoms with Crippen molar-refractivity contribution in [3.05, 3.63) is 72.8 Å². The summed E-state index contributed by atoms with van der Waals surface area (Å²) in [5.74, 6) is -6.51. The van der Waals surface area contributed by atoms with Crippen molar-refractivity contribution < 1.29 is 57.2 Å². The van der Waals surface area contributed by atoms with Crippen molar-refractivity contribution in [2.45, 2.75) is 83.2 Å². The predicted molar refractivity (Wildman–Crippen MR) is 170 cm³/mol.